The van der Waals surface area contributed by atoms with E-state index in [1.165, 1.54) is 14.0 Å². The zero-order valence-electron chi connectivity index (χ0n) is 17.7. The Labute approximate surface area is 190 Å². The predicted molar refractivity (Wildman–Crippen MR) is 125 cm³/mol. The molecule has 6 nitrogen and oxygen atoms in total. The molecule has 0 saturated carbocycles. The van der Waals surface area contributed by atoms with Gasteiger partial charge >= 0.3 is 5.97 Å². The number of carbonyl (C=O) groups excluding carboxylic acids is 1. The summed E-state index contributed by atoms with van der Waals surface area (Å²) < 4.78 is 7.26. The number of carboxylic acid groups (broad SMARTS) is 1. The van der Waals surface area contributed by atoms with Gasteiger partial charge in [-0.3, -0.25) is 9.59 Å². The molecule has 1 amide bonds. The summed E-state index contributed by atoms with van der Waals surface area (Å²) in [6, 6.07) is 10.4. The number of ether oxygens (including phenoxy) is 1. The van der Waals surface area contributed by atoms with Crippen LogP contribution in [0.25, 0.3) is 10.9 Å². The summed E-state index contributed by atoms with van der Waals surface area (Å²) >= 11 is 12.2. The Balaban J connectivity index is 2.14. The molecule has 1 atom stereocenters. The lowest BCUT2D eigenvalue weighted by atomic mass is 10.1. The van der Waals surface area contributed by atoms with E-state index < -0.39 is 17.9 Å². The van der Waals surface area contributed by atoms with Gasteiger partial charge in [0.1, 0.15) is 16.8 Å². The number of aromatic nitrogens is 1. The third-order valence-corrected chi connectivity index (χ3v) is 5.91. The van der Waals surface area contributed by atoms with Crippen LogP contribution in [0.2, 0.25) is 5.02 Å². The maximum absolute atomic E-state index is 12.6. The van der Waals surface area contributed by atoms with E-state index in [4.69, 9.17) is 33.7 Å². The summed E-state index contributed by atoms with van der Waals surface area (Å²) in [5.74, 6) is -1.01. The first kappa shape index (κ1) is 22.8. The lowest BCUT2D eigenvalue weighted by Crippen LogP contribution is -2.39. The van der Waals surface area contributed by atoms with Crippen molar-refractivity contribution in [3.63, 3.8) is 0 Å². The number of benzene rings is 2. The van der Waals surface area contributed by atoms with Crippen LogP contribution in [0.4, 0.5) is 0 Å². The van der Waals surface area contributed by atoms with Crippen LogP contribution in [-0.2, 0) is 16.0 Å². The number of rotatable bonds is 6. The molecule has 0 saturated heterocycles. The topological polar surface area (TPSA) is 80.6 Å². The molecule has 0 aliphatic rings. The molecule has 0 radical (unpaired) electrons. The first-order chi connectivity index (χ1) is 14.6. The molecule has 0 aliphatic carbocycles. The number of hydrogen-bond acceptors (Lipinski definition) is 4. The van der Waals surface area contributed by atoms with Crippen molar-refractivity contribution in [1.29, 1.82) is 0 Å². The normalized spacial score (nSPS) is 11.9. The molecule has 0 spiro atoms. The fourth-order valence-corrected chi connectivity index (χ4v) is 4.07. The highest BCUT2D eigenvalue weighted by Gasteiger charge is 2.23. The Morgan fingerprint density at radius 3 is 2.45 bits per heavy atom. The third kappa shape index (κ3) is 4.57. The summed E-state index contributed by atoms with van der Waals surface area (Å²) in [5, 5.41) is 12.8. The average Bonchev–Trinajstić information content (AvgIpc) is 2.97. The number of aliphatic carboxylic acids is 1. The SMILES string of the molecule is COc1cc2c(CC(=O)NC(C)C(=O)O)c(C)n(C(=S)c3ccc(C)cc3)c2cc1Cl. The highest BCUT2D eigenvalue weighted by atomic mass is 35.5. The average molecular weight is 459 g/mol. The predicted octanol–water partition coefficient (Wildman–Crippen LogP) is 4.28. The lowest BCUT2D eigenvalue weighted by molar-refractivity contribution is -0.141. The molecule has 3 rings (SSSR count). The minimum Gasteiger partial charge on any atom is -0.495 e. The van der Waals surface area contributed by atoms with Crippen molar-refractivity contribution in [3.8, 4) is 5.75 Å². The van der Waals surface area contributed by atoms with Gasteiger partial charge in [-0.1, -0.05) is 53.6 Å². The monoisotopic (exact) mass is 458 g/mol. The number of carboxylic acids is 1. The maximum Gasteiger partial charge on any atom is 0.325 e. The van der Waals surface area contributed by atoms with Gasteiger partial charge in [0.2, 0.25) is 5.91 Å². The van der Waals surface area contributed by atoms with Crippen LogP contribution in [0.5, 0.6) is 5.75 Å². The van der Waals surface area contributed by atoms with Crippen molar-refractivity contribution in [1.82, 2.24) is 9.88 Å². The van der Waals surface area contributed by atoms with E-state index in [2.05, 4.69) is 5.32 Å². The van der Waals surface area contributed by atoms with Gasteiger partial charge in [-0.05, 0) is 38.5 Å². The molecule has 2 aromatic carbocycles. The van der Waals surface area contributed by atoms with E-state index in [0.29, 0.717) is 15.8 Å². The molecular weight excluding hydrogens is 436 g/mol. The molecule has 0 fully saturated rings. The van der Waals surface area contributed by atoms with Crippen molar-refractivity contribution in [2.75, 3.05) is 7.11 Å². The molecule has 1 aromatic heterocycles. The number of amides is 1. The van der Waals surface area contributed by atoms with Gasteiger partial charge < -0.3 is 19.7 Å². The Bertz CT molecular complexity index is 1180. The van der Waals surface area contributed by atoms with Gasteiger partial charge in [-0.25, -0.2) is 0 Å². The molecule has 31 heavy (non-hydrogen) atoms. The second-order valence-electron chi connectivity index (χ2n) is 7.38. The molecule has 8 heteroatoms. The van der Waals surface area contributed by atoms with E-state index in [9.17, 15) is 9.59 Å². The van der Waals surface area contributed by atoms with Gasteiger partial charge in [0.05, 0.1) is 24.1 Å². The van der Waals surface area contributed by atoms with Crippen molar-refractivity contribution < 1.29 is 19.4 Å². The largest absolute Gasteiger partial charge is 0.495 e. The number of carbonyl (C=O) groups is 2. The number of aryl methyl sites for hydroxylation is 1. The van der Waals surface area contributed by atoms with Crippen LogP contribution < -0.4 is 10.1 Å². The second-order valence-corrected chi connectivity index (χ2v) is 8.17. The highest BCUT2D eigenvalue weighted by Crippen LogP contribution is 2.35. The van der Waals surface area contributed by atoms with E-state index in [1.807, 2.05) is 42.7 Å². The van der Waals surface area contributed by atoms with Crippen LogP contribution in [0.15, 0.2) is 36.4 Å². The number of halogens is 1. The molecular formula is C23H23ClN2O4S. The number of thiocarbonyl (C=S) groups is 1. The molecule has 162 valence electrons. The Hall–Kier alpha value is -2.90. The van der Waals surface area contributed by atoms with Crippen molar-refractivity contribution in [3.05, 3.63) is 63.8 Å². The second kappa shape index (κ2) is 9.08. The van der Waals surface area contributed by atoms with Crippen molar-refractivity contribution >= 4 is 51.6 Å². The summed E-state index contributed by atoms with van der Waals surface area (Å²) in [6.45, 7) is 5.31. The van der Waals surface area contributed by atoms with Gasteiger partial charge in [0.25, 0.3) is 0 Å². The van der Waals surface area contributed by atoms with E-state index in [1.54, 1.807) is 12.1 Å². The molecule has 3 aromatic rings. The van der Waals surface area contributed by atoms with Crippen LogP contribution in [0.1, 0.15) is 29.3 Å². The summed E-state index contributed by atoms with van der Waals surface area (Å²) in [7, 11) is 1.52. The van der Waals surface area contributed by atoms with Crippen LogP contribution >= 0.6 is 23.8 Å². The van der Waals surface area contributed by atoms with Crippen LogP contribution in [-0.4, -0.2) is 39.7 Å². The number of hydrogen-bond donors (Lipinski definition) is 2. The minimum absolute atomic E-state index is 0.00570. The minimum atomic E-state index is -1.10. The van der Waals surface area contributed by atoms with E-state index in [0.717, 1.165) is 33.3 Å². The number of nitrogens with one attached hydrogen (secondary N) is 1. The Morgan fingerprint density at radius 2 is 1.87 bits per heavy atom. The quantitative estimate of drug-likeness (QED) is 0.539. The van der Waals surface area contributed by atoms with Crippen LogP contribution in [0, 0.1) is 13.8 Å². The third-order valence-electron chi connectivity index (χ3n) is 5.20. The van der Waals surface area contributed by atoms with E-state index >= 15 is 0 Å². The number of methoxy groups -OCH3 is 1. The summed E-state index contributed by atoms with van der Waals surface area (Å²) in [6.07, 6.45) is -0.00570. The van der Waals surface area contributed by atoms with Gasteiger partial charge in [-0.15, -0.1) is 0 Å². The standard InChI is InChI=1S/C23H23ClN2O4S/c1-12-5-7-15(8-6-12)22(31)26-14(3)16(10-21(27)25-13(2)23(28)29)17-9-20(30-4)18(24)11-19(17)26/h5-9,11,13H,10H2,1-4H3,(H,25,27)(H,28,29). The maximum atomic E-state index is 12.6. The fourth-order valence-electron chi connectivity index (χ4n) is 3.46. The molecule has 0 bridgehead atoms. The molecule has 1 heterocycles. The Kier molecular flexibility index (Phi) is 6.67. The zero-order valence-corrected chi connectivity index (χ0v) is 19.2. The number of fused-ring (bicyclic) bond motifs is 1. The smallest absolute Gasteiger partial charge is 0.325 e. The van der Waals surface area contributed by atoms with Gasteiger partial charge in [-0.2, -0.15) is 0 Å². The van der Waals surface area contributed by atoms with Crippen molar-refractivity contribution in [2.45, 2.75) is 33.2 Å². The molecule has 1 unspecified atom stereocenters. The first-order valence-corrected chi connectivity index (χ1v) is 10.4. The lowest BCUT2D eigenvalue weighted by Gasteiger charge is -2.12. The first-order valence-electron chi connectivity index (χ1n) is 9.65. The summed E-state index contributed by atoms with van der Waals surface area (Å²) in [4.78, 5) is 24.2. The van der Waals surface area contributed by atoms with Crippen LogP contribution in [0.3, 0.4) is 0 Å². The zero-order chi connectivity index (χ0) is 22.9. The fraction of sp³-hybridized carbons (Fsp3) is 0.261. The van der Waals surface area contributed by atoms with E-state index in [-0.39, 0.29) is 6.42 Å². The van der Waals surface area contributed by atoms with Gasteiger partial charge in [0.15, 0.2) is 0 Å². The molecule has 2 N–H and O–H groups in total. The summed E-state index contributed by atoms with van der Waals surface area (Å²) in [5.41, 5.74) is 4.25. The number of nitrogens with zero attached hydrogens (tertiary/aromatic N) is 1. The highest BCUT2D eigenvalue weighted by molar-refractivity contribution is 7.80. The van der Waals surface area contributed by atoms with Crippen molar-refractivity contribution in [2.24, 2.45) is 0 Å². The Morgan fingerprint density at radius 1 is 1.23 bits per heavy atom. The van der Waals surface area contributed by atoms with Gasteiger partial charge in [0, 0.05) is 16.6 Å². The molecule has 0 aliphatic heterocycles.